The molecule has 3 aromatic carbocycles. The average molecular weight is 456 g/mol. The Morgan fingerprint density at radius 3 is 2.53 bits per heavy atom. The number of nitrogens with zero attached hydrogens (tertiary/aromatic N) is 3. The predicted molar refractivity (Wildman–Crippen MR) is 132 cm³/mol. The molecule has 156 valence electrons. The highest BCUT2D eigenvalue weighted by molar-refractivity contribution is 7.14. The molecule has 3 heterocycles. The first-order valence-electron chi connectivity index (χ1n) is 10.4. The summed E-state index contributed by atoms with van der Waals surface area (Å²) in [6, 6.07) is 25.6. The Balaban J connectivity index is 1.38. The molecule has 2 aromatic heterocycles. The van der Waals surface area contributed by atoms with Gasteiger partial charge in [0, 0.05) is 17.4 Å². The highest BCUT2D eigenvalue weighted by atomic mass is 32.1. The van der Waals surface area contributed by atoms with Crippen molar-refractivity contribution in [2.45, 2.75) is 12.5 Å². The SMILES string of the molecule is Fc1ccc([C@H]2CC(c3cccs3)=NN2c2nc(-c3ccc4ccccc4c3)cs2)cc1. The number of aromatic nitrogens is 1. The van der Waals surface area contributed by atoms with Crippen molar-refractivity contribution >= 4 is 44.3 Å². The Hall–Kier alpha value is -3.35. The smallest absolute Gasteiger partial charge is 0.207 e. The fourth-order valence-corrected chi connectivity index (χ4v) is 5.63. The van der Waals surface area contributed by atoms with Gasteiger partial charge >= 0.3 is 0 Å². The van der Waals surface area contributed by atoms with E-state index in [9.17, 15) is 4.39 Å². The number of benzene rings is 3. The summed E-state index contributed by atoms with van der Waals surface area (Å²) >= 11 is 3.27. The van der Waals surface area contributed by atoms with Gasteiger partial charge in [0.25, 0.3) is 0 Å². The topological polar surface area (TPSA) is 28.5 Å². The summed E-state index contributed by atoms with van der Waals surface area (Å²) in [6.45, 7) is 0. The largest absolute Gasteiger partial charge is 0.231 e. The van der Waals surface area contributed by atoms with E-state index in [1.54, 1.807) is 22.7 Å². The molecule has 0 saturated heterocycles. The lowest BCUT2D eigenvalue weighted by molar-refractivity contribution is 0.624. The lowest BCUT2D eigenvalue weighted by Crippen LogP contribution is -2.18. The van der Waals surface area contributed by atoms with E-state index in [2.05, 4.69) is 59.3 Å². The molecule has 3 nitrogen and oxygen atoms in total. The third-order valence-electron chi connectivity index (χ3n) is 5.70. The summed E-state index contributed by atoms with van der Waals surface area (Å²) in [5, 5.41) is 14.4. The standard InChI is InChI=1S/C26H18FN3S2/c27-21-11-9-18(10-12-21)24-15-22(25-6-3-13-31-25)29-30(24)26-28-23(16-32-26)20-8-7-17-4-1-2-5-19(17)14-20/h1-14,16,24H,15H2/t24-/m1/s1. The third-order valence-corrected chi connectivity index (χ3v) is 7.45. The first-order valence-corrected chi connectivity index (χ1v) is 12.1. The first-order chi connectivity index (χ1) is 15.7. The van der Waals surface area contributed by atoms with Gasteiger partial charge in [-0.15, -0.1) is 22.7 Å². The minimum atomic E-state index is -0.231. The summed E-state index contributed by atoms with van der Waals surface area (Å²) in [7, 11) is 0. The van der Waals surface area contributed by atoms with Crippen LogP contribution in [0.1, 0.15) is 22.9 Å². The average Bonchev–Trinajstić information content (AvgIpc) is 3.59. The molecule has 0 N–H and O–H groups in total. The van der Waals surface area contributed by atoms with Crippen LogP contribution in [0.3, 0.4) is 0 Å². The van der Waals surface area contributed by atoms with E-state index < -0.39 is 0 Å². The zero-order valence-corrected chi connectivity index (χ0v) is 18.6. The summed E-state index contributed by atoms with van der Waals surface area (Å²) in [6.07, 6.45) is 0.761. The fraction of sp³-hybridized carbons (Fsp3) is 0.0769. The van der Waals surface area contributed by atoms with Crippen molar-refractivity contribution in [1.82, 2.24) is 4.98 Å². The molecule has 0 amide bonds. The van der Waals surface area contributed by atoms with Crippen LogP contribution in [0.15, 0.2) is 94.7 Å². The number of hydrogen-bond donors (Lipinski definition) is 0. The number of thiophene rings is 1. The van der Waals surface area contributed by atoms with Crippen LogP contribution in [-0.2, 0) is 0 Å². The van der Waals surface area contributed by atoms with Crippen molar-refractivity contribution in [3.63, 3.8) is 0 Å². The van der Waals surface area contributed by atoms with E-state index in [4.69, 9.17) is 10.1 Å². The maximum absolute atomic E-state index is 13.5. The zero-order chi connectivity index (χ0) is 21.5. The van der Waals surface area contributed by atoms with Crippen LogP contribution in [0, 0.1) is 5.82 Å². The molecule has 1 aliphatic rings. The number of hydrogen-bond acceptors (Lipinski definition) is 5. The molecule has 0 unspecified atom stereocenters. The monoisotopic (exact) mass is 455 g/mol. The molecule has 6 rings (SSSR count). The van der Waals surface area contributed by atoms with Gasteiger partial charge in [-0.1, -0.05) is 54.6 Å². The minimum absolute atomic E-state index is 0.0108. The molecule has 0 radical (unpaired) electrons. The predicted octanol–water partition coefficient (Wildman–Crippen LogP) is 7.52. The van der Waals surface area contributed by atoms with Crippen LogP contribution < -0.4 is 5.01 Å². The molecule has 0 saturated carbocycles. The van der Waals surface area contributed by atoms with Gasteiger partial charge in [-0.05, 0) is 46.0 Å². The number of thiazole rings is 1. The number of hydrazone groups is 1. The molecule has 0 spiro atoms. The Bertz CT molecular complexity index is 1420. The fourth-order valence-electron chi connectivity index (χ4n) is 4.07. The molecular formula is C26H18FN3S2. The summed E-state index contributed by atoms with van der Waals surface area (Å²) in [5.41, 5.74) is 4.10. The van der Waals surface area contributed by atoms with Gasteiger partial charge in [0.1, 0.15) is 5.82 Å². The highest BCUT2D eigenvalue weighted by Crippen LogP contribution is 2.40. The van der Waals surface area contributed by atoms with Crippen molar-refractivity contribution in [2.24, 2.45) is 5.10 Å². The van der Waals surface area contributed by atoms with Gasteiger partial charge < -0.3 is 0 Å². The van der Waals surface area contributed by atoms with Gasteiger partial charge in [-0.25, -0.2) is 14.4 Å². The number of anilines is 1. The Morgan fingerprint density at radius 2 is 1.72 bits per heavy atom. The van der Waals surface area contributed by atoms with E-state index in [1.807, 2.05) is 23.2 Å². The maximum Gasteiger partial charge on any atom is 0.207 e. The molecule has 1 atom stereocenters. The van der Waals surface area contributed by atoms with E-state index in [0.29, 0.717) is 0 Å². The van der Waals surface area contributed by atoms with Crippen LogP contribution in [0.5, 0.6) is 0 Å². The van der Waals surface area contributed by atoms with Crippen molar-refractivity contribution in [3.8, 4) is 11.3 Å². The van der Waals surface area contributed by atoms with Crippen LogP contribution >= 0.6 is 22.7 Å². The van der Waals surface area contributed by atoms with Crippen LogP contribution in [0.2, 0.25) is 0 Å². The van der Waals surface area contributed by atoms with Crippen molar-refractivity contribution < 1.29 is 4.39 Å². The Kier molecular flexibility index (Phi) is 4.82. The van der Waals surface area contributed by atoms with Gasteiger partial charge in [0.2, 0.25) is 5.13 Å². The molecule has 0 aliphatic carbocycles. The van der Waals surface area contributed by atoms with E-state index >= 15 is 0 Å². The second-order valence-electron chi connectivity index (χ2n) is 7.72. The van der Waals surface area contributed by atoms with Gasteiger partial charge in [0.05, 0.1) is 22.3 Å². The molecule has 32 heavy (non-hydrogen) atoms. The lowest BCUT2D eigenvalue weighted by atomic mass is 10.0. The normalized spacial score (nSPS) is 16.0. The molecule has 0 fully saturated rings. The minimum Gasteiger partial charge on any atom is -0.231 e. The van der Waals surface area contributed by atoms with Crippen LogP contribution in [-0.4, -0.2) is 10.7 Å². The Morgan fingerprint density at radius 1 is 0.875 bits per heavy atom. The van der Waals surface area contributed by atoms with E-state index in [1.165, 1.54) is 22.9 Å². The quantitative estimate of drug-likeness (QED) is 0.280. The first kappa shape index (κ1) is 19.3. The van der Waals surface area contributed by atoms with E-state index in [0.717, 1.165) is 39.0 Å². The summed E-state index contributed by atoms with van der Waals surface area (Å²) in [5.74, 6) is -0.231. The second kappa shape index (κ2) is 7.97. The van der Waals surface area contributed by atoms with Gasteiger partial charge in [0.15, 0.2) is 0 Å². The van der Waals surface area contributed by atoms with Crippen molar-refractivity contribution in [1.29, 1.82) is 0 Å². The second-order valence-corrected chi connectivity index (χ2v) is 9.50. The zero-order valence-electron chi connectivity index (χ0n) is 17.0. The maximum atomic E-state index is 13.5. The summed E-state index contributed by atoms with van der Waals surface area (Å²) < 4.78 is 13.5. The van der Waals surface area contributed by atoms with Crippen molar-refractivity contribution in [3.05, 3.63) is 106 Å². The van der Waals surface area contributed by atoms with Crippen LogP contribution in [0.25, 0.3) is 22.0 Å². The molecule has 0 bridgehead atoms. The summed E-state index contributed by atoms with van der Waals surface area (Å²) in [4.78, 5) is 6.10. The van der Waals surface area contributed by atoms with Crippen molar-refractivity contribution in [2.75, 3.05) is 5.01 Å². The van der Waals surface area contributed by atoms with E-state index in [-0.39, 0.29) is 11.9 Å². The Labute approximate surface area is 193 Å². The van der Waals surface area contributed by atoms with Gasteiger partial charge in [-0.3, -0.25) is 0 Å². The lowest BCUT2D eigenvalue weighted by Gasteiger charge is -2.21. The third kappa shape index (κ3) is 3.51. The number of rotatable bonds is 4. The van der Waals surface area contributed by atoms with Gasteiger partial charge in [-0.2, -0.15) is 5.10 Å². The number of fused-ring (bicyclic) bond motifs is 1. The van der Waals surface area contributed by atoms with Crippen LogP contribution in [0.4, 0.5) is 9.52 Å². The molecule has 6 heteroatoms. The highest BCUT2D eigenvalue weighted by Gasteiger charge is 2.32. The molecule has 1 aliphatic heterocycles. The molecular weight excluding hydrogens is 437 g/mol. The molecule has 5 aromatic rings. The number of halogens is 1.